The number of hydrogen-bond donors (Lipinski definition) is 3. The summed E-state index contributed by atoms with van der Waals surface area (Å²) in [5, 5.41) is 9.89. The van der Waals surface area contributed by atoms with E-state index in [-0.39, 0.29) is 31.2 Å². The van der Waals surface area contributed by atoms with E-state index >= 15 is 0 Å². The predicted molar refractivity (Wildman–Crippen MR) is 87.9 cm³/mol. The molecule has 24 heavy (non-hydrogen) atoms. The van der Waals surface area contributed by atoms with E-state index < -0.39 is 18.0 Å². The van der Waals surface area contributed by atoms with E-state index in [1.165, 1.54) is 28.9 Å². The van der Waals surface area contributed by atoms with Crippen LogP contribution in [-0.2, 0) is 9.53 Å². The van der Waals surface area contributed by atoms with Crippen LogP contribution in [0.2, 0.25) is 0 Å². The number of nitrogens with one attached hydrogen (secondary N) is 2. The highest BCUT2D eigenvalue weighted by atomic mass is 19.1. The molecule has 8 nitrogen and oxygen atoms in total. The van der Waals surface area contributed by atoms with Gasteiger partial charge in [0.1, 0.15) is 11.9 Å². The minimum Gasteiger partial charge on any atom is -0.442 e. The monoisotopic (exact) mass is 337 g/mol. The van der Waals surface area contributed by atoms with Gasteiger partial charge in [0.2, 0.25) is 5.91 Å². The molecule has 0 bridgehead atoms. The van der Waals surface area contributed by atoms with Crippen molar-refractivity contribution in [2.24, 2.45) is 5.73 Å². The largest absolute Gasteiger partial charge is 0.442 e. The van der Waals surface area contributed by atoms with Crippen molar-refractivity contribution in [3.63, 3.8) is 0 Å². The van der Waals surface area contributed by atoms with Gasteiger partial charge in [-0.3, -0.25) is 15.1 Å². The van der Waals surface area contributed by atoms with Gasteiger partial charge < -0.3 is 20.7 Å². The minimum atomic E-state index is -0.594. The fourth-order valence-corrected chi connectivity index (χ4v) is 2.39. The van der Waals surface area contributed by atoms with E-state index in [1.54, 1.807) is 6.07 Å². The fourth-order valence-electron chi connectivity index (χ4n) is 2.39. The van der Waals surface area contributed by atoms with Crippen molar-refractivity contribution in [1.29, 1.82) is 5.41 Å². The van der Waals surface area contributed by atoms with E-state index in [9.17, 15) is 14.0 Å². The summed E-state index contributed by atoms with van der Waals surface area (Å²) in [5.41, 5.74) is 6.00. The number of halogens is 1. The zero-order chi connectivity index (χ0) is 17.7. The molecule has 1 aromatic rings. The van der Waals surface area contributed by atoms with Gasteiger partial charge in [-0.05, 0) is 18.2 Å². The Bertz CT molecular complexity index is 640. The summed E-state index contributed by atoms with van der Waals surface area (Å²) in [7, 11) is 0. The smallest absolute Gasteiger partial charge is 0.414 e. The molecule has 4 N–H and O–H groups in total. The molecule has 1 aliphatic heterocycles. The molecule has 2 rings (SSSR count). The average molecular weight is 337 g/mol. The number of benzene rings is 1. The molecule has 0 spiro atoms. The highest BCUT2D eigenvalue weighted by Gasteiger charge is 2.32. The van der Waals surface area contributed by atoms with Crippen LogP contribution in [0, 0.1) is 11.2 Å². The van der Waals surface area contributed by atoms with Gasteiger partial charge in [-0.2, -0.15) is 0 Å². The molecule has 1 aromatic carbocycles. The summed E-state index contributed by atoms with van der Waals surface area (Å²) in [6, 6.07) is 4.28. The van der Waals surface area contributed by atoms with Crippen molar-refractivity contribution in [3.8, 4) is 0 Å². The minimum absolute atomic E-state index is 0.205. The van der Waals surface area contributed by atoms with Gasteiger partial charge in [0.15, 0.2) is 0 Å². The maximum absolute atomic E-state index is 14.3. The molecular weight excluding hydrogens is 317 g/mol. The molecule has 0 saturated carbocycles. The number of nitrogens with two attached hydrogens (primary N) is 1. The molecule has 0 radical (unpaired) electrons. The van der Waals surface area contributed by atoms with Crippen LogP contribution in [0.3, 0.4) is 0 Å². The first-order valence-electron chi connectivity index (χ1n) is 7.45. The van der Waals surface area contributed by atoms with Crippen LogP contribution in [0.5, 0.6) is 0 Å². The Labute approximate surface area is 138 Å². The summed E-state index contributed by atoms with van der Waals surface area (Å²) in [4.78, 5) is 25.5. The van der Waals surface area contributed by atoms with E-state index in [4.69, 9.17) is 15.9 Å². The molecule has 1 saturated heterocycles. The number of anilines is 2. The number of hydrogen-bond acceptors (Lipinski definition) is 5. The van der Waals surface area contributed by atoms with Crippen LogP contribution < -0.4 is 20.9 Å². The molecular formula is C15H20FN5O3. The average Bonchev–Trinajstić information content (AvgIpc) is 2.92. The van der Waals surface area contributed by atoms with Crippen LogP contribution in [0.25, 0.3) is 0 Å². The molecule has 0 unspecified atom stereocenters. The second kappa shape index (κ2) is 7.73. The second-order valence-electron chi connectivity index (χ2n) is 5.30. The number of ether oxygens (including phenoxy) is 1. The van der Waals surface area contributed by atoms with E-state index in [0.29, 0.717) is 12.2 Å². The highest BCUT2D eigenvalue weighted by molar-refractivity contribution is 5.90. The molecule has 130 valence electrons. The third kappa shape index (κ3) is 3.99. The van der Waals surface area contributed by atoms with Crippen LogP contribution in [-0.4, -0.2) is 50.6 Å². The molecule has 1 aliphatic rings. The SMILES string of the molecule is CC(=O)NC[C@H]1CN(c2ccc(N(C=N)CCN)c(F)c2)C(=O)O1. The standard InChI is InChI=1S/C15H20FN5O3/c1-10(22)19-7-12-8-21(15(23)24-12)11-2-3-14(13(16)6-11)20(9-18)5-4-17/h2-3,6,9,12,18H,4-5,7-8,17H2,1H3,(H,19,22)/t12-/m0/s1. The molecule has 9 heteroatoms. The van der Waals surface area contributed by atoms with E-state index in [1.807, 2.05) is 0 Å². The van der Waals surface area contributed by atoms with Crippen LogP contribution in [0.1, 0.15) is 6.92 Å². The van der Waals surface area contributed by atoms with Gasteiger partial charge in [0.25, 0.3) is 0 Å². The van der Waals surface area contributed by atoms with Crippen LogP contribution in [0.4, 0.5) is 20.6 Å². The fraction of sp³-hybridized carbons (Fsp3) is 0.400. The number of carbonyl (C=O) groups is 2. The van der Waals surface area contributed by atoms with Crippen molar-refractivity contribution >= 4 is 29.7 Å². The van der Waals surface area contributed by atoms with E-state index in [0.717, 1.165) is 6.34 Å². The summed E-state index contributed by atoms with van der Waals surface area (Å²) in [5.74, 6) is -0.783. The lowest BCUT2D eigenvalue weighted by Gasteiger charge is -2.20. The third-order valence-corrected chi connectivity index (χ3v) is 3.53. The van der Waals surface area contributed by atoms with Crippen molar-refractivity contribution in [3.05, 3.63) is 24.0 Å². The van der Waals surface area contributed by atoms with E-state index in [2.05, 4.69) is 5.32 Å². The Balaban J connectivity index is 2.12. The van der Waals surface area contributed by atoms with Crippen LogP contribution >= 0.6 is 0 Å². The normalized spacial score (nSPS) is 16.7. The summed E-state index contributed by atoms with van der Waals surface area (Å²) in [6.07, 6.45) is -0.0822. The quantitative estimate of drug-likeness (QED) is 0.500. The Hall–Kier alpha value is -2.68. The first-order valence-corrected chi connectivity index (χ1v) is 7.45. The van der Waals surface area contributed by atoms with Crippen molar-refractivity contribution in [1.82, 2.24) is 5.32 Å². The predicted octanol–water partition coefficient (Wildman–Crippen LogP) is 0.659. The molecule has 1 heterocycles. The molecule has 0 aromatic heterocycles. The highest BCUT2D eigenvalue weighted by Crippen LogP contribution is 2.27. The zero-order valence-corrected chi connectivity index (χ0v) is 13.3. The Morgan fingerprint density at radius 2 is 2.38 bits per heavy atom. The van der Waals surface area contributed by atoms with Gasteiger partial charge in [-0.25, -0.2) is 9.18 Å². The number of nitrogens with zero attached hydrogens (tertiary/aromatic N) is 2. The Morgan fingerprint density at radius 1 is 1.62 bits per heavy atom. The lowest BCUT2D eigenvalue weighted by Crippen LogP contribution is -2.33. The van der Waals surface area contributed by atoms with Gasteiger partial charge >= 0.3 is 6.09 Å². The summed E-state index contributed by atoms with van der Waals surface area (Å²) >= 11 is 0. The maximum Gasteiger partial charge on any atom is 0.414 e. The Kier molecular flexibility index (Phi) is 5.69. The first-order chi connectivity index (χ1) is 11.5. The van der Waals surface area contributed by atoms with Gasteiger partial charge in [0, 0.05) is 20.0 Å². The summed E-state index contributed by atoms with van der Waals surface area (Å²) in [6.45, 7) is 2.38. The first kappa shape index (κ1) is 17.7. The maximum atomic E-state index is 14.3. The van der Waals surface area contributed by atoms with Gasteiger partial charge in [-0.15, -0.1) is 0 Å². The molecule has 1 atom stereocenters. The second-order valence-corrected chi connectivity index (χ2v) is 5.30. The van der Waals surface area contributed by atoms with Gasteiger partial charge in [-0.1, -0.05) is 0 Å². The number of cyclic esters (lactones) is 1. The lowest BCUT2D eigenvalue weighted by molar-refractivity contribution is -0.119. The van der Waals surface area contributed by atoms with Crippen molar-refractivity contribution in [2.45, 2.75) is 13.0 Å². The lowest BCUT2D eigenvalue weighted by atomic mass is 10.2. The Morgan fingerprint density at radius 3 is 2.96 bits per heavy atom. The van der Waals surface area contributed by atoms with Crippen LogP contribution in [0.15, 0.2) is 18.2 Å². The molecule has 1 fully saturated rings. The number of carbonyl (C=O) groups excluding carboxylic acids is 2. The summed E-state index contributed by atoms with van der Waals surface area (Å²) < 4.78 is 19.5. The molecule has 2 amide bonds. The number of rotatable bonds is 7. The third-order valence-electron chi connectivity index (χ3n) is 3.53. The van der Waals surface area contributed by atoms with Crippen molar-refractivity contribution in [2.75, 3.05) is 36.0 Å². The van der Waals surface area contributed by atoms with Gasteiger partial charge in [0.05, 0.1) is 30.8 Å². The number of amides is 2. The zero-order valence-electron chi connectivity index (χ0n) is 13.3. The van der Waals surface area contributed by atoms with Crippen molar-refractivity contribution < 1.29 is 18.7 Å². The molecule has 0 aliphatic carbocycles. The topological polar surface area (TPSA) is 112 Å².